The first-order chi connectivity index (χ1) is 33.9. The Labute approximate surface area is 499 Å². The Kier molecular flexibility index (Phi) is 31.6. The Morgan fingerprint density at radius 2 is 0.987 bits per heavy atom. The molecular weight excluding hydrogens is 1170 g/mol. The predicted octanol–water partition coefficient (Wildman–Crippen LogP) is 17.6. The molecule has 13 unspecified atom stereocenters. The van der Waals surface area contributed by atoms with Crippen LogP contribution in [0.2, 0.25) is 90.7 Å². The lowest BCUT2D eigenvalue weighted by atomic mass is 9.77. The summed E-state index contributed by atoms with van der Waals surface area (Å²) in [7, 11) is -3.48. The highest BCUT2D eigenvalue weighted by Gasteiger charge is 2.48. The Morgan fingerprint density at radius 3 is 1.40 bits per heavy atom. The van der Waals surface area contributed by atoms with Crippen LogP contribution in [0, 0.1) is 29.6 Å². The van der Waals surface area contributed by atoms with Gasteiger partial charge >= 0.3 is 1.43 Å². The number of halogens is 1. The standard InChI is InChI=1S/C26H58O3Si3.C19H40O3Si2.C8H16O3.C6H9P3.BrH/c1-20-21(19-27-30(11,12)24(2,3)4)17-22(28-31(13,14)25(5,6)7)18-23(20)29-32(15,16)26(8,9)10;1-15-16(22-24(10,11)19(5,6)7)12-13-20-17(15)14-21-23(8,9)18(2,3)4;1-5-6(4-9)2-7(10)3-8(5)11;7-9(8)6-4-2-1-3-5-6;/h20-23H,17-19H2,1-16H3;12-13,15-17H,14H2,1-11H3;5-11H,2-4H2,1H3;1-5H,7-8H2;1H/p+1. The van der Waals surface area contributed by atoms with Gasteiger partial charge in [-0.15, -0.1) is 34.8 Å². The highest BCUT2D eigenvalue weighted by atomic mass is 79.9. The summed E-state index contributed by atoms with van der Waals surface area (Å²) in [5, 5.41) is 30.0. The van der Waals surface area contributed by atoms with Crippen molar-refractivity contribution in [1.29, 1.82) is 0 Å². The fourth-order valence-electron chi connectivity index (χ4n) is 7.98. The largest absolute Gasteiger partial charge is 1.00 e. The van der Waals surface area contributed by atoms with Crippen molar-refractivity contribution in [2.75, 3.05) is 19.8 Å². The maximum Gasteiger partial charge on any atom is 1.00 e. The van der Waals surface area contributed by atoms with Gasteiger partial charge in [-0.25, -0.2) is 0 Å². The molecule has 18 heteroatoms. The Bertz CT molecular complexity index is 1870. The third-order valence-corrected chi connectivity index (χ3v) is 44.6. The molecule has 4 rings (SSSR count). The van der Waals surface area contributed by atoms with Crippen molar-refractivity contribution in [2.45, 2.75) is 278 Å². The zero-order valence-electron chi connectivity index (χ0n) is 55.6. The van der Waals surface area contributed by atoms with E-state index in [1.165, 1.54) is 5.30 Å². The van der Waals surface area contributed by atoms with Gasteiger partial charge in [0.25, 0.3) is 0 Å². The van der Waals surface area contributed by atoms with Crippen LogP contribution in [0.3, 0.4) is 0 Å². The molecule has 456 valence electrons. The second-order valence-electron chi connectivity index (χ2n) is 30.6. The second kappa shape index (κ2) is 31.1. The molecule has 0 saturated heterocycles. The van der Waals surface area contributed by atoms with E-state index in [9.17, 15) is 10.2 Å². The van der Waals surface area contributed by atoms with Gasteiger partial charge in [0.15, 0.2) is 41.6 Å². The first kappa shape index (κ1) is 78.3. The van der Waals surface area contributed by atoms with Crippen molar-refractivity contribution in [3.63, 3.8) is 0 Å². The van der Waals surface area contributed by atoms with E-state index in [0.717, 1.165) is 19.4 Å². The van der Waals surface area contributed by atoms with Gasteiger partial charge in [-0.2, -0.15) is 0 Å². The number of aliphatic hydroxyl groups is 3. The third-order valence-electron chi connectivity index (χ3n) is 19.4. The van der Waals surface area contributed by atoms with Crippen LogP contribution in [-0.2, 0) is 26.9 Å². The molecule has 1 aliphatic heterocycles. The zero-order chi connectivity index (χ0) is 59.6. The Hall–Kier alpha value is 1.29. The van der Waals surface area contributed by atoms with Crippen LogP contribution >= 0.6 is 42.1 Å². The molecule has 1 heterocycles. The molecule has 3 N–H and O–H groups in total. The van der Waals surface area contributed by atoms with Crippen LogP contribution in [0.25, 0.3) is 0 Å². The number of rotatable bonds is 14. The highest BCUT2D eigenvalue weighted by molar-refractivity contribution is 8.93. The lowest BCUT2D eigenvalue weighted by molar-refractivity contribution is -0.0395. The Morgan fingerprint density at radius 1 is 0.558 bits per heavy atom. The maximum absolute atomic E-state index is 9.38. The van der Waals surface area contributed by atoms with E-state index in [-0.39, 0.29) is 93.8 Å². The van der Waals surface area contributed by atoms with E-state index in [1.54, 1.807) is 0 Å². The number of aliphatic hydroxyl groups excluding tert-OH is 3. The lowest BCUT2D eigenvalue weighted by Gasteiger charge is -2.49. The van der Waals surface area contributed by atoms with Gasteiger partial charge in [0, 0.05) is 25.2 Å². The van der Waals surface area contributed by atoms with Crippen molar-refractivity contribution in [3.05, 3.63) is 42.7 Å². The van der Waals surface area contributed by atoms with E-state index in [0.29, 0.717) is 37.2 Å². The van der Waals surface area contributed by atoms with Crippen LogP contribution < -0.4 is 5.30 Å². The van der Waals surface area contributed by atoms with Crippen molar-refractivity contribution >= 4 is 89.0 Å². The molecule has 0 amide bonds. The minimum absolute atomic E-state index is 0. The quantitative estimate of drug-likeness (QED) is 0.124. The van der Waals surface area contributed by atoms with Crippen LogP contribution in [0.1, 0.15) is 152 Å². The molecule has 1 aromatic rings. The van der Waals surface area contributed by atoms with Crippen molar-refractivity contribution in [1.82, 2.24) is 0 Å². The van der Waals surface area contributed by atoms with Gasteiger partial charge in [-0.3, -0.25) is 0 Å². The average molecular weight is 1290 g/mol. The number of benzene rings is 1. The molecule has 0 spiro atoms. The lowest BCUT2D eigenvalue weighted by Crippen LogP contribution is -2.53. The summed E-state index contributed by atoms with van der Waals surface area (Å²) in [6.45, 7) is 66.3. The fourth-order valence-corrected chi connectivity index (χ4v) is 15.7. The molecule has 13 atom stereocenters. The summed E-state index contributed by atoms with van der Waals surface area (Å²) >= 11 is 0. The molecular formula is C59H125BrO9P3Si5+. The first-order valence-electron chi connectivity index (χ1n) is 28.9. The highest BCUT2D eigenvalue weighted by Crippen LogP contribution is 2.51. The second-order valence-corrected chi connectivity index (χ2v) is 60.9. The zero-order valence-corrected chi connectivity index (χ0v) is 64.6. The van der Waals surface area contributed by atoms with Crippen molar-refractivity contribution in [3.8, 4) is 0 Å². The SMILES string of the molecule is Br.CC1C(CO[Si](C)(C)C(C)(C)C)CC(O[Si](C)(C)C(C)(C)C)CC1O[Si](C)(C)C(C)(C)C.CC1C(O)CC(O)CC1CO.CC1C(O[Si](C)(C)C(C)(C)C)C=COC1CO[Si](C)(C)C(C)(C)C.PP(P)c1ccccc1.[H+]. The Balaban J connectivity index is 0. The summed E-state index contributed by atoms with van der Waals surface area (Å²) in [5.74, 6) is 1.46. The normalized spacial score (nSPS) is 27.2. The molecule has 0 bridgehead atoms. The van der Waals surface area contributed by atoms with Gasteiger partial charge in [-0.05, 0) is 159 Å². The van der Waals surface area contributed by atoms with Gasteiger partial charge in [0.1, 0.15) is 6.10 Å². The van der Waals surface area contributed by atoms with Crippen LogP contribution in [0.4, 0.5) is 0 Å². The molecule has 77 heavy (non-hydrogen) atoms. The maximum atomic E-state index is 9.38. The molecule has 1 aromatic carbocycles. The van der Waals surface area contributed by atoms with E-state index in [1.807, 2.05) is 19.3 Å². The van der Waals surface area contributed by atoms with E-state index < -0.39 is 53.8 Å². The smallest absolute Gasteiger partial charge is 0.496 e. The molecule has 3 aliphatic rings. The van der Waals surface area contributed by atoms with Crippen molar-refractivity contribution < 1.29 is 43.6 Å². The number of hydrogen-bond acceptors (Lipinski definition) is 9. The van der Waals surface area contributed by atoms with E-state index in [2.05, 4.69) is 231 Å². The van der Waals surface area contributed by atoms with Crippen LogP contribution in [0.5, 0.6) is 0 Å². The van der Waals surface area contributed by atoms with Crippen LogP contribution in [-0.4, -0.2) is 113 Å². The molecule has 2 fully saturated rings. The number of ether oxygens (including phenoxy) is 1. The molecule has 9 nitrogen and oxygen atoms in total. The topological polar surface area (TPSA) is 116 Å². The first-order valence-corrected chi connectivity index (χ1v) is 48.0. The van der Waals surface area contributed by atoms with Crippen LogP contribution in [0.15, 0.2) is 42.7 Å². The number of hydrogen-bond donors (Lipinski definition) is 3. The van der Waals surface area contributed by atoms with Crippen molar-refractivity contribution in [2.24, 2.45) is 29.6 Å². The fraction of sp³-hybridized carbons (Fsp3) is 0.864. The summed E-state index contributed by atoms with van der Waals surface area (Å²) in [4.78, 5) is 0. The minimum atomic E-state index is -1.85. The molecule has 0 aromatic heterocycles. The van der Waals surface area contributed by atoms with E-state index >= 15 is 0 Å². The van der Waals surface area contributed by atoms with Gasteiger partial charge in [-0.1, -0.05) is 155 Å². The van der Waals surface area contributed by atoms with Gasteiger partial charge < -0.3 is 42.2 Å². The summed E-state index contributed by atoms with van der Waals surface area (Å²) in [6, 6.07) is 10.5. The van der Waals surface area contributed by atoms with Gasteiger partial charge in [0.05, 0.1) is 37.3 Å². The summed E-state index contributed by atoms with van der Waals surface area (Å²) in [6.07, 6.45) is 6.93. The molecule has 2 saturated carbocycles. The molecule has 2 aliphatic carbocycles. The monoisotopic (exact) mass is 1290 g/mol. The minimum Gasteiger partial charge on any atom is -0.496 e. The third kappa shape index (κ3) is 24.7. The molecule has 0 radical (unpaired) electrons. The summed E-state index contributed by atoms with van der Waals surface area (Å²) in [5.41, 5.74) is 0. The predicted molar refractivity (Wildman–Crippen MR) is 362 cm³/mol. The van der Waals surface area contributed by atoms with Gasteiger partial charge in [0.2, 0.25) is 0 Å². The summed E-state index contributed by atoms with van der Waals surface area (Å²) < 4.78 is 39.7. The van der Waals surface area contributed by atoms with E-state index in [4.69, 9.17) is 32.0 Å². The average Bonchev–Trinajstić information content (AvgIpc) is 3.24.